The summed E-state index contributed by atoms with van der Waals surface area (Å²) in [7, 11) is 0. The molecule has 0 spiro atoms. The first-order valence-corrected chi connectivity index (χ1v) is 5.10. The van der Waals surface area contributed by atoms with Crippen LogP contribution in [0.4, 0.5) is 0 Å². The van der Waals surface area contributed by atoms with E-state index in [2.05, 4.69) is 0 Å². The van der Waals surface area contributed by atoms with Gasteiger partial charge in [-0.05, 0) is 41.5 Å². The molecule has 0 aliphatic rings. The van der Waals surface area contributed by atoms with Gasteiger partial charge in [0.05, 0.1) is 12.2 Å². The predicted octanol–water partition coefficient (Wildman–Crippen LogP) is 1.92. The number of carbonyl (C=O) groups excluding carboxylic acids is 2. The van der Waals surface area contributed by atoms with Crippen LogP contribution in [0, 0.1) is 5.41 Å². The second-order valence-corrected chi connectivity index (χ2v) is 4.53. The molecule has 0 amide bonds. The third kappa shape index (κ3) is 4.32. The van der Waals surface area contributed by atoms with Crippen molar-refractivity contribution in [1.29, 1.82) is 0 Å². The third-order valence-electron chi connectivity index (χ3n) is 1.71. The van der Waals surface area contributed by atoms with Crippen LogP contribution in [-0.4, -0.2) is 24.1 Å². The van der Waals surface area contributed by atoms with Crippen molar-refractivity contribution in [3.8, 4) is 0 Å². The molecule has 4 heteroatoms. The molecule has 0 aliphatic heterocycles. The molecule has 15 heavy (non-hydrogen) atoms. The van der Waals surface area contributed by atoms with Crippen LogP contribution in [0.1, 0.15) is 41.5 Å². The van der Waals surface area contributed by atoms with Crippen LogP contribution < -0.4 is 0 Å². The van der Waals surface area contributed by atoms with Crippen LogP contribution in [0.2, 0.25) is 0 Å². The molecule has 4 nitrogen and oxygen atoms in total. The fraction of sp³-hybridized carbons (Fsp3) is 0.818. The summed E-state index contributed by atoms with van der Waals surface area (Å²) in [5.41, 5.74) is -1.24. The fourth-order valence-electron chi connectivity index (χ4n) is 0.806. The van der Waals surface area contributed by atoms with Gasteiger partial charge in [0.1, 0.15) is 0 Å². The summed E-state index contributed by atoms with van der Waals surface area (Å²) in [6.07, 6.45) is -0.466. The monoisotopic (exact) mass is 216 g/mol. The summed E-state index contributed by atoms with van der Waals surface area (Å²) in [4.78, 5) is 23.2. The molecule has 0 heterocycles. The number of carbonyl (C=O) groups is 2. The average Bonchev–Trinajstić information content (AvgIpc) is 2.01. The minimum Gasteiger partial charge on any atom is -0.462 e. The molecule has 0 rings (SSSR count). The van der Waals surface area contributed by atoms with Crippen LogP contribution in [0.3, 0.4) is 0 Å². The zero-order chi connectivity index (χ0) is 12.2. The molecule has 0 aromatic rings. The Balaban J connectivity index is 4.51. The lowest BCUT2D eigenvalue weighted by atomic mass is 9.94. The molecule has 0 saturated carbocycles. The van der Waals surface area contributed by atoms with E-state index in [0.717, 1.165) is 0 Å². The Labute approximate surface area is 90.9 Å². The molecule has 0 radical (unpaired) electrons. The van der Waals surface area contributed by atoms with Crippen LogP contribution in [0.5, 0.6) is 0 Å². The molecular formula is C11H20O4. The van der Waals surface area contributed by atoms with Gasteiger partial charge in [0, 0.05) is 0 Å². The summed E-state index contributed by atoms with van der Waals surface area (Å²) in [6, 6.07) is 0. The third-order valence-corrected chi connectivity index (χ3v) is 1.71. The van der Waals surface area contributed by atoms with Crippen LogP contribution in [-0.2, 0) is 19.1 Å². The molecule has 0 aliphatic carbocycles. The number of ether oxygens (including phenoxy) is 2. The summed E-state index contributed by atoms with van der Waals surface area (Å²) < 4.78 is 9.96. The minimum absolute atomic E-state index is 0.233. The van der Waals surface area contributed by atoms with Gasteiger partial charge in [-0.15, -0.1) is 0 Å². The Morgan fingerprint density at radius 3 is 1.33 bits per heavy atom. The second-order valence-electron chi connectivity index (χ2n) is 4.53. The number of hydrogen-bond acceptors (Lipinski definition) is 4. The van der Waals surface area contributed by atoms with Crippen molar-refractivity contribution >= 4 is 11.9 Å². The topological polar surface area (TPSA) is 52.6 Å². The highest BCUT2D eigenvalue weighted by Gasteiger charge is 2.40. The Hall–Kier alpha value is -1.06. The predicted molar refractivity (Wildman–Crippen MR) is 56.2 cm³/mol. The van der Waals surface area contributed by atoms with Gasteiger partial charge >= 0.3 is 11.9 Å². The van der Waals surface area contributed by atoms with Gasteiger partial charge in [-0.1, -0.05) is 0 Å². The first kappa shape index (κ1) is 13.9. The maximum absolute atomic E-state index is 11.6. The Kier molecular flexibility index (Phi) is 4.78. The van der Waals surface area contributed by atoms with Gasteiger partial charge in [-0.25, -0.2) is 0 Å². The maximum atomic E-state index is 11.6. The summed E-state index contributed by atoms with van der Waals surface area (Å²) in [5, 5.41) is 0. The number of hydrogen-bond donors (Lipinski definition) is 0. The van der Waals surface area contributed by atoms with Gasteiger partial charge in [0.15, 0.2) is 5.41 Å². The first-order chi connectivity index (χ1) is 6.67. The molecule has 0 N–H and O–H groups in total. The Bertz CT molecular complexity index is 217. The quantitative estimate of drug-likeness (QED) is 0.532. The van der Waals surface area contributed by atoms with Gasteiger partial charge in [0.2, 0.25) is 0 Å². The number of rotatable bonds is 4. The standard InChI is InChI=1S/C11H20O4/c1-7(2)14-9(12)11(5,6)10(13)15-8(3)4/h7-8H,1-6H3. The number of esters is 2. The molecular weight excluding hydrogens is 196 g/mol. The second kappa shape index (κ2) is 5.14. The van der Waals surface area contributed by atoms with Crippen molar-refractivity contribution < 1.29 is 19.1 Å². The van der Waals surface area contributed by atoms with Crippen LogP contribution in [0.25, 0.3) is 0 Å². The lowest BCUT2D eigenvalue weighted by Crippen LogP contribution is -2.38. The largest absolute Gasteiger partial charge is 0.462 e. The highest BCUT2D eigenvalue weighted by atomic mass is 16.6. The fourth-order valence-corrected chi connectivity index (χ4v) is 0.806. The summed E-state index contributed by atoms with van der Waals surface area (Å²) in [6.45, 7) is 9.96. The summed E-state index contributed by atoms with van der Waals surface area (Å²) in [5.74, 6) is -1.11. The molecule has 0 atom stereocenters. The molecule has 0 fully saturated rings. The van der Waals surface area contributed by atoms with E-state index in [0.29, 0.717) is 0 Å². The maximum Gasteiger partial charge on any atom is 0.323 e. The van der Waals surface area contributed by atoms with Crippen molar-refractivity contribution in [2.24, 2.45) is 5.41 Å². The SMILES string of the molecule is CC(C)OC(=O)C(C)(C)C(=O)OC(C)C. The highest BCUT2D eigenvalue weighted by molar-refractivity contribution is 5.99. The van der Waals surface area contributed by atoms with Gasteiger partial charge in [0.25, 0.3) is 0 Å². The van der Waals surface area contributed by atoms with E-state index in [4.69, 9.17) is 9.47 Å². The van der Waals surface area contributed by atoms with E-state index < -0.39 is 17.4 Å². The van der Waals surface area contributed by atoms with Crippen LogP contribution in [0.15, 0.2) is 0 Å². The Morgan fingerprint density at radius 1 is 0.867 bits per heavy atom. The van der Waals surface area contributed by atoms with Gasteiger partial charge in [-0.3, -0.25) is 9.59 Å². The van der Waals surface area contributed by atoms with Crippen molar-refractivity contribution in [2.45, 2.75) is 53.8 Å². The molecule has 0 unspecified atom stereocenters. The van der Waals surface area contributed by atoms with E-state index in [9.17, 15) is 9.59 Å². The van der Waals surface area contributed by atoms with Crippen molar-refractivity contribution in [1.82, 2.24) is 0 Å². The zero-order valence-corrected chi connectivity index (χ0v) is 10.3. The molecule has 0 aromatic heterocycles. The smallest absolute Gasteiger partial charge is 0.323 e. The van der Waals surface area contributed by atoms with Gasteiger partial charge < -0.3 is 9.47 Å². The van der Waals surface area contributed by atoms with E-state index in [-0.39, 0.29) is 12.2 Å². The molecule has 0 saturated heterocycles. The van der Waals surface area contributed by atoms with E-state index in [1.54, 1.807) is 27.7 Å². The van der Waals surface area contributed by atoms with E-state index in [1.165, 1.54) is 13.8 Å². The normalized spacial score (nSPS) is 11.7. The lowest BCUT2D eigenvalue weighted by molar-refractivity contribution is -0.174. The Morgan fingerprint density at radius 2 is 1.13 bits per heavy atom. The van der Waals surface area contributed by atoms with E-state index >= 15 is 0 Å². The zero-order valence-electron chi connectivity index (χ0n) is 10.3. The molecule has 88 valence electrons. The molecule has 0 aromatic carbocycles. The molecule has 0 bridgehead atoms. The first-order valence-electron chi connectivity index (χ1n) is 5.10. The summed E-state index contributed by atoms with van der Waals surface area (Å²) >= 11 is 0. The van der Waals surface area contributed by atoms with Crippen molar-refractivity contribution in [3.05, 3.63) is 0 Å². The lowest BCUT2D eigenvalue weighted by Gasteiger charge is -2.23. The minimum atomic E-state index is -1.24. The van der Waals surface area contributed by atoms with Crippen molar-refractivity contribution in [2.75, 3.05) is 0 Å². The average molecular weight is 216 g/mol. The highest BCUT2D eigenvalue weighted by Crippen LogP contribution is 2.21. The van der Waals surface area contributed by atoms with Gasteiger partial charge in [-0.2, -0.15) is 0 Å². The van der Waals surface area contributed by atoms with E-state index in [1.807, 2.05) is 0 Å². The van der Waals surface area contributed by atoms with Crippen molar-refractivity contribution in [3.63, 3.8) is 0 Å². The van der Waals surface area contributed by atoms with Crippen LogP contribution >= 0.6 is 0 Å².